The monoisotopic (exact) mass is 380 g/mol. The summed E-state index contributed by atoms with van der Waals surface area (Å²) in [6.07, 6.45) is 9.98. The van der Waals surface area contributed by atoms with Crippen molar-refractivity contribution in [2.24, 2.45) is 10.9 Å². The number of rotatable bonds is 6. The van der Waals surface area contributed by atoms with E-state index in [0.29, 0.717) is 23.1 Å². The Hall–Kier alpha value is -3.54. The maximum atomic E-state index is 13.5. The molecule has 28 heavy (non-hydrogen) atoms. The van der Waals surface area contributed by atoms with Gasteiger partial charge in [0, 0.05) is 29.6 Å². The van der Waals surface area contributed by atoms with Gasteiger partial charge in [0.05, 0.1) is 17.3 Å². The highest BCUT2D eigenvalue weighted by Crippen LogP contribution is 2.27. The van der Waals surface area contributed by atoms with Crippen molar-refractivity contribution in [3.05, 3.63) is 89.7 Å². The van der Waals surface area contributed by atoms with Gasteiger partial charge in [0.1, 0.15) is 5.82 Å². The van der Waals surface area contributed by atoms with Crippen molar-refractivity contribution < 1.29 is 18.7 Å². The van der Waals surface area contributed by atoms with Gasteiger partial charge in [-0.3, -0.25) is 9.79 Å². The Morgan fingerprint density at radius 1 is 1.18 bits per heavy atom. The fraction of sp³-hybridized carbons (Fsp3) is 0.0909. The van der Waals surface area contributed by atoms with Crippen LogP contribution in [0, 0.1) is 17.6 Å². The summed E-state index contributed by atoms with van der Waals surface area (Å²) in [7, 11) is 0. The van der Waals surface area contributed by atoms with Crippen LogP contribution in [0.1, 0.15) is 12.5 Å². The van der Waals surface area contributed by atoms with E-state index in [0.717, 1.165) is 6.07 Å². The molecule has 0 spiro atoms. The third-order valence-electron chi connectivity index (χ3n) is 4.07. The number of aromatic hydroxyl groups is 1. The molecule has 0 unspecified atom stereocenters. The molecule has 0 aromatic heterocycles. The summed E-state index contributed by atoms with van der Waals surface area (Å²) in [5, 5.41) is 12.8. The van der Waals surface area contributed by atoms with Gasteiger partial charge in [-0.2, -0.15) is 0 Å². The number of allylic oxidation sites excluding steroid dienone is 6. The van der Waals surface area contributed by atoms with Crippen LogP contribution in [0.3, 0.4) is 0 Å². The molecule has 3 rings (SSSR count). The van der Waals surface area contributed by atoms with Crippen molar-refractivity contribution in [2.45, 2.75) is 6.92 Å². The average Bonchev–Trinajstić information content (AvgIpc) is 3.19. The predicted molar refractivity (Wildman–Crippen MR) is 106 cm³/mol. The van der Waals surface area contributed by atoms with E-state index in [9.17, 15) is 18.7 Å². The number of nitrogens with one attached hydrogen (secondary N) is 1. The first-order valence-electron chi connectivity index (χ1n) is 8.59. The molecule has 4 nitrogen and oxygen atoms in total. The maximum Gasteiger partial charge on any atom is 0.168 e. The van der Waals surface area contributed by atoms with E-state index in [1.165, 1.54) is 12.3 Å². The maximum absolute atomic E-state index is 13.5. The summed E-state index contributed by atoms with van der Waals surface area (Å²) < 4.78 is 26.8. The number of hydrogen-bond donors (Lipinski definition) is 2. The molecule has 0 radical (unpaired) electrons. The number of nitrogens with zero attached hydrogens (tertiary/aromatic N) is 1. The lowest BCUT2D eigenvalue weighted by Gasteiger charge is -2.10. The smallest absolute Gasteiger partial charge is 0.168 e. The van der Waals surface area contributed by atoms with E-state index in [1.54, 1.807) is 31.2 Å². The number of phenolic OH excluding ortho intramolecular Hbond substituents is 1. The van der Waals surface area contributed by atoms with Gasteiger partial charge in [-0.25, -0.2) is 8.78 Å². The van der Waals surface area contributed by atoms with Crippen molar-refractivity contribution in [1.82, 2.24) is 0 Å². The predicted octanol–water partition coefficient (Wildman–Crippen LogP) is 5.05. The lowest BCUT2D eigenvalue weighted by Crippen LogP contribution is -2.07. The molecule has 0 aliphatic heterocycles. The van der Waals surface area contributed by atoms with Gasteiger partial charge in [0.2, 0.25) is 0 Å². The standard InChI is InChI=1S/C22H18F2N2O2/c1-14(10-21(27)15-6-2-3-7-15)26-20-9-5-4-8-19(20)25-13-16-11-17(23)12-18(24)22(16)28/h2-13,15,26,28H,1H3/b14-10-,25-13?. The highest BCUT2D eigenvalue weighted by Gasteiger charge is 2.12. The van der Waals surface area contributed by atoms with Crippen LogP contribution in [0.15, 0.2) is 77.5 Å². The number of benzene rings is 2. The molecule has 2 N–H and O–H groups in total. The Labute approximate surface area is 161 Å². The van der Waals surface area contributed by atoms with Crippen LogP contribution in [-0.2, 0) is 4.79 Å². The molecule has 2 aromatic rings. The minimum atomic E-state index is -1.06. The van der Waals surface area contributed by atoms with Gasteiger partial charge >= 0.3 is 0 Å². The normalized spacial score (nSPS) is 14.2. The minimum Gasteiger partial charge on any atom is -0.504 e. The van der Waals surface area contributed by atoms with Crippen molar-refractivity contribution in [1.29, 1.82) is 0 Å². The molecule has 1 aliphatic rings. The van der Waals surface area contributed by atoms with Gasteiger partial charge in [-0.15, -0.1) is 0 Å². The molecule has 0 saturated carbocycles. The average molecular weight is 380 g/mol. The summed E-state index contributed by atoms with van der Waals surface area (Å²) >= 11 is 0. The second-order valence-electron chi connectivity index (χ2n) is 6.25. The number of halogens is 2. The van der Waals surface area contributed by atoms with Crippen molar-refractivity contribution >= 4 is 23.4 Å². The summed E-state index contributed by atoms with van der Waals surface area (Å²) in [4.78, 5) is 16.4. The molecular weight excluding hydrogens is 362 g/mol. The Morgan fingerprint density at radius 3 is 2.64 bits per heavy atom. The van der Waals surface area contributed by atoms with Crippen molar-refractivity contribution in [3.8, 4) is 5.75 Å². The quantitative estimate of drug-likeness (QED) is 0.545. The van der Waals surface area contributed by atoms with E-state index in [2.05, 4.69) is 10.3 Å². The molecule has 142 valence electrons. The van der Waals surface area contributed by atoms with Crippen LogP contribution >= 0.6 is 0 Å². The number of hydrogen-bond acceptors (Lipinski definition) is 4. The van der Waals surface area contributed by atoms with E-state index >= 15 is 0 Å². The van der Waals surface area contributed by atoms with E-state index in [1.807, 2.05) is 24.3 Å². The van der Waals surface area contributed by atoms with Gasteiger partial charge < -0.3 is 10.4 Å². The van der Waals surface area contributed by atoms with E-state index < -0.39 is 17.4 Å². The van der Waals surface area contributed by atoms with Gasteiger partial charge in [-0.1, -0.05) is 36.4 Å². The first kappa shape index (κ1) is 19.2. The van der Waals surface area contributed by atoms with Crippen LogP contribution in [-0.4, -0.2) is 17.1 Å². The van der Waals surface area contributed by atoms with Crippen LogP contribution in [0.4, 0.5) is 20.2 Å². The highest BCUT2D eigenvalue weighted by atomic mass is 19.1. The zero-order chi connectivity index (χ0) is 20.1. The van der Waals surface area contributed by atoms with Crippen LogP contribution in [0.25, 0.3) is 0 Å². The molecule has 1 aliphatic carbocycles. The summed E-state index contributed by atoms with van der Waals surface area (Å²) in [5.74, 6) is -2.84. The number of para-hydroxylation sites is 2. The van der Waals surface area contributed by atoms with Crippen LogP contribution in [0.2, 0.25) is 0 Å². The largest absolute Gasteiger partial charge is 0.504 e. The topological polar surface area (TPSA) is 61.7 Å². The molecule has 0 bridgehead atoms. The molecular formula is C22H18F2N2O2. The summed E-state index contributed by atoms with van der Waals surface area (Å²) in [6, 6.07) is 8.59. The molecule has 0 atom stereocenters. The lowest BCUT2D eigenvalue weighted by atomic mass is 10.1. The molecule has 0 heterocycles. The number of carbonyl (C=O) groups is 1. The van der Waals surface area contributed by atoms with Crippen LogP contribution < -0.4 is 5.32 Å². The fourth-order valence-corrected chi connectivity index (χ4v) is 2.69. The molecule has 6 heteroatoms. The zero-order valence-corrected chi connectivity index (χ0v) is 15.1. The lowest BCUT2D eigenvalue weighted by molar-refractivity contribution is -0.115. The number of anilines is 1. The van der Waals surface area contributed by atoms with E-state index in [-0.39, 0.29) is 17.3 Å². The Bertz CT molecular complexity index is 1010. The number of ketones is 1. The van der Waals surface area contributed by atoms with Gasteiger partial charge in [-0.05, 0) is 25.1 Å². The number of carbonyl (C=O) groups excluding carboxylic acids is 1. The van der Waals surface area contributed by atoms with Gasteiger partial charge in [0.25, 0.3) is 0 Å². The number of phenols is 1. The Morgan fingerprint density at radius 2 is 1.89 bits per heavy atom. The summed E-state index contributed by atoms with van der Waals surface area (Å²) in [5.41, 5.74) is 1.64. The van der Waals surface area contributed by atoms with E-state index in [4.69, 9.17) is 0 Å². The second kappa shape index (κ2) is 8.43. The van der Waals surface area contributed by atoms with Crippen molar-refractivity contribution in [3.63, 3.8) is 0 Å². The van der Waals surface area contributed by atoms with Crippen LogP contribution in [0.5, 0.6) is 5.75 Å². The number of aliphatic imine (C=N–C) groups is 1. The SMILES string of the molecule is C/C(=C/C(=O)C1C=CC=C1)Nc1ccccc1N=Cc1cc(F)cc(F)c1O. The first-order valence-corrected chi connectivity index (χ1v) is 8.59. The third kappa shape index (κ3) is 4.59. The molecule has 2 aromatic carbocycles. The third-order valence-corrected chi connectivity index (χ3v) is 4.07. The van der Waals surface area contributed by atoms with Gasteiger partial charge in [0.15, 0.2) is 17.3 Å². The first-order chi connectivity index (χ1) is 13.4. The van der Waals surface area contributed by atoms with Crippen molar-refractivity contribution in [2.75, 3.05) is 5.32 Å². The second-order valence-corrected chi connectivity index (χ2v) is 6.25. The molecule has 0 fully saturated rings. The Kier molecular flexibility index (Phi) is 5.79. The Balaban J connectivity index is 1.81. The summed E-state index contributed by atoms with van der Waals surface area (Å²) in [6.45, 7) is 1.76. The fourth-order valence-electron chi connectivity index (χ4n) is 2.69. The minimum absolute atomic E-state index is 0.0452. The molecule has 0 saturated heterocycles. The highest BCUT2D eigenvalue weighted by molar-refractivity contribution is 5.96. The zero-order valence-electron chi connectivity index (χ0n) is 15.1. The molecule has 0 amide bonds.